The molecule has 2 fully saturated rings. The number of halogens is 3. The summed E-state index contributed by atoms with van der Waals surface area (Å²) in [5.41, 5.74) is 0.639. The molecular formula is C19H21F3N4O3. The lowest BCUT2D eigenvalue weighted by Crippen LogP contribution is -2.51. The fourth-order valence-corrected chi connectivity index (χ4v) is 3.71. The minimum atomic E-state index is -4.73. The second-order valence-corrected chi connectivity index (χ2v) is 7.30. The van der Waals surface area contributed by atoms with Gasteiger partial charge in [0.05, 0.1) is 12.5 Å². The molecule has 0 atom stereocenters. The Labute approximate surface area is 165 Å². The number of carbonyl (C=O) groups excluding carboxylic acids is 1. The second kappa shape index (κ2) is 8.02. The first kappa shape index (κ1) is 19.7. The molecule has 0 N–H and O–H groups in total. The molecule has 0 saturated carbocycles. The molecule has 2 aliphatic heterocycles. The summed E-state index contributed by atoms with van der Waals surface area (Å²) in [7, 11) is 0. The molecule has 7 nitrogen and oxygen atoms in total. The molecule has 0 spiro atoms. The summed E-state index contributed by atoms with van der Waals surface area (Å²) in [6, 6.07) is 5.52. The first-order chi connectivity index (χ1) is 13.9. The summed E-state index contributed by atoms with van der Waals surface area (Å²) < 4.78 is 47.9. The van der Waals surface area contributed by atoms with E-state index in [-0.39, 0.29) is 24.1 Å². The predicted octanol–water partition coefficient (Wildman–Crippen LogP) is 2.70. The molecule has 1 amide bonds. The van der Waals surface area contributed by atoms with Gasteiger partial charge in [0, 0.05) is 32.2 Å². The average molecular weight is 410 g/mol. The number of carbonyl (C=O) groups is 1. The highest BCUT2D eigenvalue weighted by Gasteiger charge is 2.35. The zero-order valence-electron chi connectivity index (χ0n) is 15.6. The molecular weight excluding hydrogens is 389 g/mol. The van der Waals surface area contributed by atoms with Gasteiger partial charge in [-0.25, -0.2) is 0 Å². The Kier molecular flexibility index (Phi) is 5.44. The van der Waals surface area contributed by atoms with Crippen LogP contribution in [-0.2, 0) is 16.0 Å². The van der Waals surface area contributed by atoms with Crippen molar-refractivity contribution >= 4 is 5.91 Å². The molecule has 0 aliphatic carbocycles. The third-order valence-corrected chi connectivity index (χ3v) is 5.31. The van der Waals surface area contributed by atoms with Crippen LogP contribution in [0.25, 0.3) is 0 Å². The van der Waals surface area contributed by atoms with Gasteiger partial charge in [0.15, 0.2) is 0 Å². The predicted molar refractivity (Wildman–Crippen MR) is 95.3 cm³/mol. The lowest BCUT2D eigenvalue weighted by Gasteiger charge is -2.41. The SMILES string of the molecule is O=C(Cc1ccc(OC(F)(F)F)cc1)N1CC(n2cnnc2C2CCOCC2)C1. The van der Waals surface area contributed by atoms with Gasteiger partial charge in [0.1, 0.15) is 17.9 Å². The molecule has 2 saturated heterocycles. The number of nitrogens with zero attached hydrogens (tertiary/aromatic N) is 4. The second-order valence-electron chi connectivity index (χ2n) is 7.30. The fraction of sp³-hybridized carbons (Fsp3) is 0.526. The van der Waals surface area contributed by atoms with Gasteiger partial charge in [0.25, 0.3) is 0 Å². The van der Waals surface area contributed by atoms with Crippen molar-refractivity contribution in [3.63, 3.8) is 0 Å². The van der Waals surface area contributed by atoms with Gasteiger partial charge >= 0.3 is 6.36 Å². The van der Waals surface area contributed by atoms with Crippen LogP contribution in [0.3, 0.4) is 0 Å². The number of alkyl halides is 3. The minimum Gasteiger partial charge on any atom is -0.406 e. The molecule has 10 heteroatoms. The van der Waals surface area contributed by atoms with Crippen LogP contribution in [0.5, 0.6) is 5.75 Å². The molecule has 1 aromatic carbocycles. The molecule has 2 aliphatic rings. The zero-order valence-corrected chi connectivity index (χ0v) is 15.6. The van der Waals surface area contributed by atoms with Crippen molar-refractivity contribution in [1.82, 2.24) is 19.7 Å². The van der Waals surface area contributed by atoms with E-state index in [1.807, 2.05) is 0 Å². The minimum absolute atomic E-state index is 0.0635. The Morgan fingerprint density at radius 2 is 1.86 bits per heavy atom. The van der Waals surface area contributed by atoms with Crippen molar-refractivity contribution in [2.45, 2.75) is 37.6 Å². The number of benzene rings is 1. The molecule has 0 unspecified atom stereocenters. The Balaban J connectivity index is 1.30. The standard InChI is InChI=1S/C19H21F3N4O3/c20-19(21,22)29-16-3-1-13(2-4-16)9-17(27)25-10-15(11-25)26-12-23-24-18(26)14-5-7-28-8-6-14/h1-4,12,14-15H,5-11H2. The van der Waals surface area contributed by atoms with Crippen LogP contribution in [0.1, 0.15) is 36.2 Å². The van der Waals surface area contributed by atoms with Gasteiger partial charge in [-0.2, -0.15) is 0 Å². The molecule has 2 aromatic rings. The molecule has 0 radical (unpaired) electrons. The highest BCUT2D eigenvalue weighted by atomic mass is 19.4. The Morgan fingerprint density at radius 3 is 2.52 bits per heavy atom. The van der Waals surface area contributed by atoms with E-state index >= 15 is 0 Å². The zero-order chi connectivity index (χ0) is 20.4. The third kappa shape index (κ3) is 4.69. The van der Waals surface area contributed by atoms with Crippen LogP contribution in [0.2, 0.25) is 0 Å². The lowest BCUT2D eigenvalue weighted by molar-refractivity contribution is -0.274. The van der Waals surface area contributed by atoms with Crippen LogP contribution in [-0.4, -0.2) is 58.2 Å². The van der Waals surface area contributed by atoms with Gasteiger partial charge in [0.2, 0.25) is 5.91 Å². The first-order valence-corrected chi connectivity index (χ1v) is 9.48. The summed E-state index contributed by atoms with van der Waals surface area (Å²) in [6.45, 7) is 2.59. The number of ether oxygens (including phenoxy) is 2. The monoisotopic (exact) mass is 410 g/mol. The molecule has 0 bridgehead atoms. The van der Waals surface area contributed by atoms with Crippen LogP contribution in [0, 0.1) is 0 Å². The van der Waals surface area contributed by atoms with E-state index in [1.54, 1.807) is 11.2 Å². The van der Waals surface area contributed by atoms with Crippen molar-refractivity contribution in [2.24, 2.45) is 0 Å². The summed E-state index contributed by atoms with van der Waals surface area (Å²) >= 11 is 0. The smallest absolute Gasteiger partial charge is 0.406 e. The highest BCUT2D eigenvalue weighted by molar-refractivity contribution is 5.79. The lowest BCUT2D eigenvalue weighted by atomic mass is 9.98. The van der Waals surface area contributed by atoms with Crippen molar-refractivity contribution in [3.8, 4) is 5.75 Å². The highest BCUT2D eigenvalue weighted by Crippen LogP contribution is 2.30. The van der Waals surface area contributed by atoms with Crippen molar-refractivity contribution < 1.29 is 27.4 Å². The topological polar surface area (TPSA) is 69.5 Å². The summed E-state index contributed by atoms with van der Waals surface area (Å²) in [4.78, 5) is 14.2. The average Bonchev–Trinajstić information content (AvgIpc) is 3.11. The maximum absolute atomic E-state index is 12.5. The number of amides is 1. The van der Waals surface area contributed by atoms with Gasteiger partial charge in [-0.15, -0.1) is 23.4 Å². The van der Waals surface area contributed by atoms with Crippen LogP contribution in [0.4, 0.5) is 13.2 Å². The number of aromatic nitrogens is 3. The first-order valence-electron chi connectivity index (χ1n) is 9.48. The van der Waals surface area contributed by atoms with E-state index in [0.717, 1.165) is 31.9 Å². The van der Waals surface area contributed by atoms with Gasteiger partial charge in [-0.1, -0.05) is 12.1 Å². The molecule has 4 rings (SSSR count). The van der Waals surface area contributed by atoms with Gasteiger partial charge in [-0.3, -0.25) is 4.79 Å². The Bertz CT molecular complexity index is 841. The molecule has 1 aromatic heterocycles. The normalized spacial score (nSPS) is 18.5. The van der Waals surface area contributed by atoms with E-state index in [1.165, 1.54) is 24.3 Å². The Morgan fingerprint density at radius 1 is 1.17 bits per heavy atom. The van der Waals surface area contributed by atoms with Crippen molar-refractivity contribution in [1.29, 1.82) is 0 Å². The largest absolute Gasteiger partial charge is 0.573 e. The number of rotatable bonds is 5. The maximum atomic E-state index is 12.5. The van der Waals surface area contributed by atoms with E-state index in [2.05, 4.69) is 19.5 Å². The van der Waals surface area contributed by atoms with E-state index in [9.17, 15) is 18.0 Å². The summed E-state index contributed by atoms with van der Waals surface area (Å²) in [6.07, 6.45) is -1.04. The number of hydrogen-bond donors (Lipinski definition) is 0. The van der Waals surface area contributed by atoms with Crippen molar-refractivity contribution in [3.05, 3.63) is 42.0 Å². The van der Waals surface area contributed by atoms with E-state index < -0.39 is 6.36 Å². The molecule has 156 valence electrons. The van der Waals surface area contributed by atoms with Crippen LogP contribution >= 0.6 is 0 Å². The maximum Gasteiger partial charge on any atom is 0.573 e. The number of likely N-dealkylation sites (tertiary alicyclic amines) is 1. The molecule has 29 heavy (non-hydrogen) atoms. The number of hydrogen-bond acceptors (Lipinski definition) is 5. The van der Waals surface area contributed by atoms with E-state index in [0.29, 0.717) is 24.6 Å². The van der Waals surface area contributed by atoms with Gasteiger partial charge < -0.3 is 18.9 Å². The van der Waals surface area contributed by atoms with Crippen LogP contribution < -0.4 is 4.74 Å². The third-order valence-electron chi connectivity index (χ3n) is 5.31. The van der Waals surface area contributed by atoms with Crippen LogP contribution in [0.15, 0.2) is 30.6 Å². The summed E-state index contributed by atoms with van der Waals surface area (Å²) in [5, 5.41) is 8.32. The Hall–Kier alpha value is -2.62. The van der Waals surface area contributed by atoms with E-state index in [4.69, 9.17) is 4.74 Å². The van der Waals surface area contributed by atoms with Crippen molar-refractivity contribution in [2.75, 3.05) is 26.3 Å². The fourth-order valence-electron chi connectivity index (χ4n) is 3.71. The molecule has 3 heterocycles. The van der Waals surface area contributed by atoms with Gasteiger partial charge in [-0.05, 0) is 30.5 Å². The quantitative estimate of drug-likeness (QED) is 0.758. The summed E-state index contributed by atoms with van der Waals surface area (Å²) in [5.74, 6) is 0.913.